The fourth-order valence-electron chi connectivity index (χ4n) is 2.77. The number of allylic oxidation sites excluding steroid dienone is 2. The van der Waals surface area contributed by atoms with E-state index in [1.807, 2.05) is 0 Å². The molecule has 1 saturated carbocycles. The highest BCUT2D eigenvalue weighted by Crippen LogP contribution is 2.43. The van der Waals surface area contributed by atoms with Gasteiger partial charge in [-0.05, 0) is 36.8 Å². The SMILES string of the molecule is O=C(Nc1cc(Cl)ccn1)C1CC2C=CC1C2. The number of pyridine rings is 1. The van der Waals surface area contributed by atoms with Gasteiger partial charge in [-0.15, -0.1) is 0 Å². The van der Waals surface area contributed by atoms with E-state index in [9.17, 15) is 4.79 Å². The van der Waals surface area contributed by atoms with Crippen LogP contribution in [0.2, 0.25) is 5.02 Å². The Morgan fingerprint density at radius 3 is 2.94 bits per heavy atom. The Labute approximate surface area is 105 Å². The van der Waals surface area contributed by atoms with Crippen LogP contribution in [0.4, 0.5) is 5.82 Å². The van der Waals surface area contributed by atoms with Crippen LogP contribution in [0.5, 0.6) is 0 Å². The normalized spacial score (nSPS) is 29.6. The number of fused-ring (bicyclic) bond motifs is 2. The molecule has 0 radical (unpaired) electrons. The summed E-state index contributed by atoms with van der Waals surface area (Å²) in [5.41, 5.74) is 0. The number of hydrogen-bond acceptors (Lipinski definition) is 2. The molecule has 3 nitrogen and oxygen atoms in total. The zero-order chi connectivity index (χ0) is 11.8. The molecule has 88 valence electrons. The standard InChI is InChI=1S/C13H13ClN2O/c14-10-3-4-15-12(7-10)16-13(17)11-6-8-1-2-9(11)5-8/h1-4,7-9,11H,5-6H2,(H,15,16,17). The molecule has 1 N–H and O–H groups in total. The summed E-state index contributed by atoms with van der Waals surface area (Å²) in [5, 5.41) is 3.43. The van der Waals surface area contributed by atoms with Crippen LogP contribution in [0.3, 0.4) is 0 Å². The van der Waals surface area contributed by atoms with Gasteiger partial charge in [-0.1, -0.05) is 23.8 Å². The number of nitrogens with zero attached hydrogens (tertiary/aromatic N) is 1. The summed E-state index contributed by atoms with van der Waals surface area (Å²) in [6.45, 7) is 0. The second kappa shape index (κ2) is 4.15. The Hall–Kier alpha value is -1.35. The van der Waals surface area contributed by atoms with Crippen molar-refractivity contribution in [2.24, 2.45) is 17.8 Å². The van der Waals surface area contributed by atoms with Crippen molar-refractivity contribution >= 4 is 23.3 Å². The average molecular weight is 249 g/mol. The third-order valence-corrected chi connectivity index (χ3v) is 3.82. The van der Waals surface area contributed by atoms with Gasteiger partial charge in [0.1, 0.15) is 5.82 Å². The number of aromatic nitrogens is 1. The minimum atomic E-state index is 0.0663. The van der Waals surface area contributed by atoms with Gasteiger partial charge < -0.3 is 5.32 Å². The molecule has 1 aromatic rings. The summed E-state index contributed by atoms with van der Waals surface area (Å²) in [6, 6.07) is 3.36. The summed E-state index contributed by atoms with van der Waals surface area (Å²) in [5.74, 6) is 1.72. The van der Waals surface area contributed by atoms with Crippen LogP contribution in [-0.2, 0) is 4.79 Å². The molecule has 1 fully saturated rings. The van der Waals surface area contributed by atoms with E-state index in [0.717, 1.165) is 12.8 Å². The zero-order valence-corrected chi connectivity index (χ0v) is 10.0. The summed E-state index contributed by atoms with van der Waals surface area (Å²) < 4.78 is 0. The van der Waals surface area contributed by atoms with Crippen LogP contribution in [0, 0.1) is 17.8 Å². The van der Waals surface area contributed by atoms with E-state index in [4.69, 9.17) is 11.6 Å². The van der Waals surface area contributed by atoms with Crippen molar-refractivity contribution in [1.29, 1.82) is 0 Å². The van der Waals surface area contributed by atoms with Crippen molar-refractivity contribution in [1.82, 2.24) is 4.98 Å². The number of nitrogens with one attached hydrogen (secondary N) is 1. The first kappa shape index (κ1) is 10.8. The van der Waals surface area contributed by atoms with E-state index in [1.54, 1.807) is 18.3 Å². The first-order valence-electron chi connectivity index (χ1n) is 5.83. The van der Waals surface area contributed by atoms with Crippen LogP contribution in [0.1, 0.15) is 12.8 Å². The number of amides is 1. The van der Waals surface area contributed by atoms with Crippen molar-refractivity contribution in [3.63, 3.8) is 0 Å². The van der Waals surface area contributed by atoms with Crippen LogP contribution >= 0.6 is 11.6 Å². The predicted molar refractivity (Wildman–Crippen MR) is 66.7 cm³/mol. The van der Waals surface area contributed by atoms with Crippen LogP contribution in [-0.4, -0.2) is 10.9 Å². The Kier molecular flexibility index (Phi) is 2.63. The number of halogens is 1. The first-order valence-corrected chi connectivity index (χ1v) is 6.21. The molecule has 3 unspecified atom stereocenters. The Morgan fingerprint density at radius 1 is 1.41 bits per heavy atom. The van der Waals surface area contributed by atoms with Gasteiger partial charge in [-0.3, -0.25) is 4.79 Å². The third-order valence-electron chi connectivity index (χ3n) is 3.59. The number of anilines is 1. The van der Waals surface area contributed by atoms with Crippen molar-refractivity contribution in [3.8, 4) is 0 Å². The van der Waals surface area contributed by atoms with Gasteiger partial charge in [-0.2, -0.15) is 0 Å². The van der Waals surface area contributed by atoms with Gasteiger partial charge in [-0.25, -0.2) is 4.98 Å². The lowest BCUT2D eigenvalue weighted by molar-refractivity contribution is -0.120. The molecular formula is C13H13ClN2O. The molecule has 0 saturated heterocycles. The van der Waals surface area contributed by atoms with Crippen molar-refractivity contribution in [3.05, 3.63) is 35.5 Å². The highest BCUT2D eigenvalue weighted by molar-refractivity contribution is 6.30. The lowest BCUT2D eigenvalue weighted by atomic mass is 9.93. The minimum absolute atomic E-state index is 0.0663. The smallest absolute Gasteiger partial charge is 0.229 e. The number of rotatable bonds is 2. The molecule has 1 aromatic heterocycles. The lowest BCUT2D eigenvalue weighted by Crippen LogP contribution is -2.26. The molecule has 17 heavy (non-hydrogen) atoms. The molecule has 3 atom stereocenters. The van der Waals surface area contributed by atoms with E-state index in [1.165, 1.54) is 0 Å². The average Bonchev–Trinajstić information content (AvgIpc) is 2.90. The third kappa shape index (κ3) is 2.07. The zero-order valence-electron chi connectivity index (χ0n) is 9.27. The highest BCUT2D eigenvalue weighted by atomic mass is 35.5. The molecule has 4 heteroatoms. The first-order chi connectivity index (χ1) is 8.22. The maximum atomic E-state index is 12.1. The lowest BCUT2D eigenvalue weighted by Gasteiger charge is -2.17. The Morgan fingerprint density at radius 2 is 2.29 bits per heavy atom. The Bertz CT molecular complexity index is 486. The van der Waals surface area contributed by atoms with Gasteiger partial charge in [0.05, 0.1) is 0 Å². The summed E-state index contributed by atoms with van der Waals surface area (Å²) in [7, 11) is 0. The van der Waals surface area contributed by atoms with Crippen LogP contribution in [0.25, 0.3) is 0 Å². The molecule has 2 bridgehead atoms. The van der Waals surface area contributed by atoms with E-state index in [0.29, 0.717) is 22.7 Å². The fraction of sp³-hybridized carbons (Fsp3) is 0.385. The monoisotopic (exact) mass is 248 g/mol. The molecule has 0 aliphatic heterocycles. The Balaban J connectivity index is 1.70. The predicted octanol–water partition coefficient (Wildman–Crippen LogP) is 2.89. The molecule has 0 spiro atoms. The van der Waals surface area contributed by atoms with E-state index >= 15 is 0 Å². The van der Waals surface area contributed by atoms with E-state index in [2.05, 4.69) is 22.5 Å². The number of carbonyl (C=O) groups excluding carboxylic acids is 1. The summed E-state index contributed by atoms with van der Waals surface area (Å²) >= 11 is 5.85. The van der Waals surface area contributed by atoms with Crippen LogP contribution < -0.4 is 5.32 Å². The van der Waals surface area contributed by atoms with Crippen molar-refractivity contribution in [2.45, 2.75) is 12.8 Å². The fourth-order valence-corrected chi connectivity index (χ4v) is 2.93. The largest absolute Gasteiger partial charge is 0.310 e. The molecule has 1 heterocycles. The molecule has 3 rings (SSSR count). The van der Waals surface area contributed by atoms with Gasteiger partial charge >= 0.3 is 0 Å². The number of carbonyl (C=O) groups is 1. The molecule has 2 aliphatic rings. The quantitative estimate of drug-likeness (QED) is 0.818. The summed E-state index contributed by atoms with van der Waals surface area (Å²) in [4.78, 5) is 16.2. The second-order valence-electron chi connectivity index (χ2n) is 4.74. The van der Waals surface area contributed by atoms with Crippen molar-refractivity contribution < 1.29 is 4.79 Å². The van der Waals surface area contributed by atoms with Gasteiger partial charge in [0.15, 0.2) is 0 Å². The molecule has 2 aliphatic carbocycles. The van der Waals surface area contributed by atoms with Gasteiger partial charge in [0.25, 0.3) is 0 Å². The summed E-state index contributed by atoms with van der Waals surface area (Å²) in [6.07, 6.45) is 8.09. The second-order valence-corrected chi connectivity index (χ2v) is 5.17. The maximum absolute atomic E-state index is 12.1. The van der Waals surface area contributed by atoms with Crippen LogP contribution in [0.15, 0.2) is 30.5 Å². The highest BCUT2D eigenvalue weighted by Gasteiger charge is 2.39. The van der Waals surface area contributed by atoms with Gasteiger partial charge in [0.2, 0.25) is 5.91 Å². The number of hydrogen-bond donors (Lipinski definition) is 1. The van der Waals surface area contributed by atoms with E-state index in [-0.39, 0.29) is 11.8 Å². The topological polar surface area (TPSA) is 42.0 Å². The van der Waals surface area contributed by atoms with Crippen molar-refractivity contribution in [2.75, 3.05) is 5.32 Å². The van der Waals surface area contributed by atoms with E-state index < -0.39 is 0 Å². The van der Waals surface area contributed by atoms with Gasteiger partial charge in [0, 0.05) is 17.1 Å². The minimum Gasteiger partial charge on any atom is -0.310 e. The molecular weight excluding hydrogens is 236 g/mol. The molecule has 0 aromatic carbocycles. The maximum Gasteiger partial charge on any atom is 0.229 e. The molecule has 1 amide bonds.